The summed E-state index contributed by atoms with van der Waals surface area (Å²) in [5, 5.41) is 3.80. The van der Waals surface area contributed by atoms with Crippen molar-refractivity contribution in [2.45, 2.75) is 44.9 Å². The number of nitrogens with zero attached hydrogens (tertiary/aromatic N) is 1. The summed E-state index contributed by atoms with van der Waals surface area (Å²) in [7, 11) is -3.42. The summed E-state index contributed by atoms with van der Waals surface area (Å²) >= 11 is 5.88. The number of halogens is 1. The maximum Gasteiger partial charge on any atom is 0.223 e. The minimum absolute atomic E-state index is 0.0178. The van der Waals surface area contributed by atoms with Crippen LogP contribution in [0.1, 0.15) is 50.3 Å². The molecule has 1 heterocycles. The maximum absolute atomic E-state index is 13.0. The van der Waals surface area contributed by atoms with Gasteiger partial charge in [0.1, 0.15) is 0 Å². The van der Waals surface area contributed by atoms with Crippen LogP contribution < -0.4 is 5.32 Å². The summed E-state index contributed by atoms with van der Waals surface area (Å²) in [6.45, 7) is 5.03. The van der Waals surface area contributed by atoms with Crippen molar-refractivity contribution in [2.24, 2.45) is 11.8 Å². The Morgan fingerprint density at radius 1 is 1.06 bits per heavy atom. The molecule has 0 spiro atoms. The van der Waals surface area contributed by atoms with E-state index in [1.54, 1.807) is 24.3 Å². The van der Waals surface area contributed by atoms with Gasteiger partial charge in [0.15, 0.2) is 0 Å². The molecule has 0 aromatic heterocycles. The predicted molar refractivity (Wildman–Crippen MR) is 125 cm³/mol. The fourth-order valence-electron chi connectivity index (χ4n) is 4.00. The summed E-state index contributed by atoms with van der Waals surface area (Å²) in [6, 6.07) is 16.9. The van der Waals surface area contributed by atoms with E-state index in [1.165, 1.54) is 4.31 Å². The van der Waals surface area contributed by atoms with Crippen molar-refractivity contribution < 1.29 is 13.2 Å². The zero-order valence-electron chi connectivity index (χ0n) is 18.1. The van der Waals surface area contributed by atoms with Crippen LogP contribution in [0.5, 0.6) is 0 Å². The molecular weight excluding hydrogens is 432 g/mol. The smallest absolute Gasteiger partial charge is 0.223 e. The largest absolute Gasteiger partial charge is 0.349 e. The topological polar surface area (TPSA) is 66.5 Å². The van der Waals surface area contributed by atoms with Gasteiger partial charge in [0.2, 0.25) is 15.9 Å². The monoisotopic (exact) mass is 462 g/mol. The van der Waals surface area contributed by atoms with Crippen LogP contribution in [0.4, 0.5) is 0 Å². The second-order valence-corrected chi connectivity index (χ2v) is 11.1. The molecule has 31 heavy (non-hydrogen) atoms. The minimum atomic E-state index is -3.42. The van der Waals surface area contributed by atoms with E-state index in [0.717, 1.165) is 12.0 Å². The van der Waals surface area contributed by atoms with Crippen molar-refractivity contribution in [1.29, 1.82) is 0 Å². The first-order chi connectivity index (χ1) is 14.7. The molecule has 168 valence electrons. The Bertz CT molecular complexity index is 954. The first-order valence-electron chi connectivity index (χ1n) is 10.8. The molecule has 0 radical (unpaired) electrons. The quantitative estimate of drug-likeness (QED) is 0.613. The number of piperidine rings is 1. The molecule has 1 N–H and O–H groups in total. The summed E-state index contributed by atoms with van der Waals surface area (Å²) in [4.78, 5) is 13.0. The second-order valence-electron chi connectivity index (χ2n) is 8.66. The lowest BCUT2D eigenvalue weighted by Gasteiger charge is -2.32. The van der Waals surface area contributed by atoms with E-state index < -0.39 is 10.0 Å². The van der Waals surface area contributed by atoms with E-state index in [-0.39, 0.29) is 23.6 Å². The van der Waals surface area contributed by atoms with Crippen LogP contribution in [0, 0.1) is 11.8 Å². The summed E-state index contributed by atoms with van der Waals surface area (Å²) in [5.74, 6) is 0.251. The van der Waals surface area contributed by atoms with Crippen molar-refractivity contribution in [3.63, 3.8) is 0 Å². The highest BCUT2D eigenvalue weighted by Gasteiger charge is 2.32. The van der Waals surface area contributed by atoms with Gasteiger partial charge in [0.05, 0.1) is 11.8 Å². The van der Waals surface area contributed by atoms with Crippen molar-refractivity contribution in [3.05, 3.63) is 70.7 Å². The molecular formula is C24H31ClN2O3S. The third kappa shape index (κ3) is 6.79. The van der Waals surface area contributed by atoms with Gasteiger partial charge in [-0.05, 0) is 48.4 Å². The standard InChI is InChI=1S/C24H31ClN2O3S/c1-18(2)16-23(20-6-4-3-5-7-20)26-24(28)21-12-14-27(15-13-21)31(29,30)17-19-8-10-22(25)11-9-19/h3-11,18,21,23H,12-17H2,1-2H3,(H,26,28)/t23-/m0/s1. The number of benzene rings is 2. The van der Waals surface area contributed by atoms with Crippen LogP contribution in [-0.2, 0) is 20.6 Å². The summed E-state index contributed by atoms with van der Waals surface area (Å²) < 4.78 is 27.1. The highest BCUT2D eigenvalue weighted by molar-refractivity contribution is 7.88. The molecule has 0 bridgehead atoms. The molecule has 1 saturated heterocycles. The lowest BCUT2D eigenvalue weighted by molar-refractivity contribution is -0.127. The van der Waals surface area contributed by atoms with E-state index in [9.17, 15) is 13.2 Å². The highest BCUT2D eigenvalue weighted by atomic mass is 35.5. The number of rotatable bonds is 8. The van der Waals surface area contributed by atoms with Gasteiger partial charge in [-0.2, -0.15) is 0 Å². The minimum Gasteiger partial charge on any atom is -0.349 e. The number of carbonyl (C=O) groups excluding carboxylic acids is 1. The molecule has 1 aliphatic heterocycles. The highest BCUT2D eigenvalue weighted by Crippen LogP contribution is 2.26. The Morgan fingerprint density at radius 3 is 2.26 bits per heavy atom. The van der Waals surface area contributed by atoms with E-state index in [2.05, 4.69) is 19.2 Å². The zero-order chi connectivity index (χ0) is 22.4. The third-order valence-corrected chi connectivity index (χ3v) is 7.81. The Hall–Kier alpha value is -1.89. The van der Waals surface area contributed by atoms with Crippen molar-refractivity contribution in [2.75, 3.05) is 13.1 Å². The number of hydrogen-bond donors (Lipinski definition) is 1. The van der Waals surface area contributed by atoms with E-state index in [0.29, 0.717) is 42.4 Å². The Kier molecular flexibility index (Phi) is 8.14. The number of carbonyl (C=O) groups is 1. The van der Waals surface area contributed by atoms with Crippen LogP contribution in [0.2, 0.25) is 5.02 Å². The summed E-state index contributed by atoms with van der Waals surface area (Å²) in [5.41, 5.74) is 1.82. The Labute approximate surface area is 190 Å². The SMILES string of the molecule is CC(C)C[C@H](NC(=O)C1CCN(S(=O)(=O)Cc2ccc(Cl)cc2)CC1)c1ccccc1. The van der Waals surface area contributed by atoms with Gasteiger partial charge in [-0.25, -0.2) is 12.7 Å². The molecule has 2 aromatic rings. The fourth-order valence-corrected chi connectivity index (χ4v) is 5.69. The Balaban J connectivity index is 1.57. The lowest BCUT2D eigenvalue weighted by atomic mass is 9.93. The van der Waals surface area contributed by atoms with Gasteiger partial charge in [-0.15, -0.1) is 0 Å². The molecule has 0 saturated carbocycles. The van der Waals surface area contributed by atoms with Gasteiger partial charge < -0.3 is 5.32 Å². The van der Waals surface area contributed by atoms with Crippen molar-refractivity contribution in [1.82, 2.24) is 9.62 Å². The van der Waals surface area contributed by atoms with Gasteiger partial charge in [0, 0.05) is 24.0 Å². The average molecular weight is 463 g/mol. The number of amides is 1. The van der Waals surface area contributed by atoms with E-state index in [1.807, 2.05) is 30.3 Å². The van der Waals surface area contributed by atoms with Gasteiger partial charge in [-0.1, -0.05) is 67.9 Å². The van der Waals surface area contributed by atoms with Gasteiger partial charge in [-0.3, -0.25) is 4.79 Å². The molecule has 1 atom stereocenters. The number of sulfonamides is 1. The van der Waals surface area contributed by atoms with Crippen molar-refractivity contribution >= 4 is 27.5 Å². The molecule has 1 amide bonds. The molecule has 0 unspecified atom stereocenters. The maximum atomic E-state index is 13.0. The van der Waals surface area contributed by atoms with E-state index >= 15 is 0 Å². The average Bonchev–Trinajstić information content (AvgIpc) is 2.75. The third-order valence-electron chi connectivity index (χ3n) is 5.71. The number of hydrogen-bond acceptors (Lipinski definition) is 3. The number of nitrogens with one attached hydrogen (secondary N) is 1. The molecule has 1 aliphatic rings. The molecule has 0 aliphatic carbocycles. The fraction of sp³-hybridized carbons (Fsp3) is 0.458. The lowest BCUT2D eigenvalue weighted by Crippen LogP contribution is -2.44. The first-order valence-corrected chi connectivity index (χ1v) is 12.8. The molecule has 1 fully saturated rings. The summed E-state index contributed by atoms with van der Waals surface area (Å²) in [6.07, 6.45) is 1.94. The second kappa shape index (κ2) is 10.6. The van der Waals surface area contributed by atoms with Crippen LogP contribution in [-0.4, -0.2) is 31.7 Å². The predicted octanol–water partition coefficient (Wildman–Crippen LogP) is 4.79. The molecule has 3 rings (SSSR count). The van der Waals surface area contributed by atoms with E-state index in [4.69, 9.17) is 11.6 Å². The molecule has 5 nitrogen and oxygen atoms in total. The Morgan fingerprint density at radius 2 is 1.68 bits per heavy atom. The molecule has 7 heteroatoms. The van der Waals surface area contributed by atoms with Gasteiger partial charge >= 0.3 is 0 Å². The normalized spacial score (nSPS) is 16.9. The van der Waals surface area contributed by atoms with Crippen LogP contribution in [0.25, 0.3) is 0 Å². The molecule has 2 aromatic carbocycles. The van der Waals surface area contributed by atoms with Crippen LogP contribution in [0.3, 0.4) is 0 Å². The van der Waals surface area contributed by atoms with Crippen LogP contribution >= 0.6 is 11.6 Å². The van der Waals surface area contributed by atoms with Gasteiger partial charge in [0.25, 0.3) is 0 Å². The van der Waals surface area contributed by atoms with Crippen molar-refractivity contribution in [3.8, 4) is 0 Å². The first kappa shape index (κ1) is 23.8. The van der Waals surface area contributed by atoms with Crippen LogP contribution in [0.15, 0.2) is 54.6 Å². The zero-order valence-corrected chi connectivity index (χ0v) is 19.7.